The standard InChI is InChI=1S/6BH4.Mo/h6*1H4;/q6*-1;. The van der Waals surface area contributed by atoms with Crippen molar-refractivity contribution in [3.8, 4) is 0 Å². The van der Waals surface area contributed by atoms with Gasteiger partial charge < -0.3 is 0 Å². The minimum atomic E-state index is 0. The molecule has 0 aromatic carbocycles. The molecule has 0 unspecified atom stereocenters. The molecule has 0 aliphatic heterocycles. The Hall–Kier alpha value is 1.08. The molecule has 0 heterocycles. The van der Waals surface area contributed by atoms with Crippen LogP contribution in [0.25, 0.3) is 0 Å². The molecule has 7 heavy (non-hydrogen) atoms. The summed E-state index contributed by atoms with van der Waals surface area (Å²) in [4.78, 5) is 0. The van der Waals surface area contributed by atoms with Gasteiger partial charge in [0.05, 0.1) is 0 Å². The molecule has 0 aromatic heterocycles. The molecule has 0 aliphatic carbocycles. The minimum Gasteiger partial charge on any atom is -0.0626 e. The zero-order valence-electron chi connectivity index (χ0n) is 0.408. The summed E-state index contributed by atoms with van der Waals surface area (Å²) in [6.45, 7) is 0. The first kappa shape index (κ1) is 348. The Kier molecular flexibility index (Phi) is 11200. The Bertz CT molecular complexity index is 4.14. The smallest absolute Gasteiger partial charge is 0 e. The summed E-state index contributed by atoms with van der Waals surface area (Å²) < 4.78 is 0. The zero-order chi connectivity index (χ0) is 0. The van der Waals surface area contributed by atoms with Gasteiger partial charge in [0.25, 0.3) is 0 Å². The first-order valence-electron chi connectivity index (χ1n) is 0. The summed E-state index contributed by atoms with van der Waals surface area (Å²) in [7, 11) is 0. The zero-order valence-corrected chi connectivity index (χ0v) is 2.42. The summed E-state index contributed by atoms with van der Waals surface area (Å²) in [6.07, 6.45) is 0. The van der Waals surface area contributed by atoms with E-state index in [1.807, 2.05) is 0 Å². The molecule has 0 spiro atoms. The summed E-state index contributed by atoms with van der Waals surface area (Å²) in [5.41, 5.74) is 0. The molecule has 0 aromatic rings. The third-order valence-electron chi connectivity index (χ3n) is 0. The van der Waals surface area contributed by atoms with Gasteiger partial charge in [0.1, 0.15) is 0 Å². The molecular formula is H24B6Mo-6. The maximum absolute atomic E-state index is 0. The van der Waals surface area contributed by atoms with Crippen LogP contribution in [0.4, 0.5) is 0 Å². The topological polar surface area (TPSA) is 0 Å². The molecule has 54 valence electrons. The van der Waals surface area contributed by atoms with Gasteiger partial charge in [0, 0.05) is 21.1 Å². The van der Waals surface area contributed by atoms with Gasteiger partial charge in [-0.2, -0.15) is 0 Å². The first-order valence-corrected chi connectivity index (χ1v) is 0. The average molecular weight is 185 g/mol. The summed E-state index contributed by atoms with van der Waals surface area (Å²) in [5.74, 6) is 0. The third kappa shape index (κ3) is 157. The molecule has 0 amide bonds. The molecule has 0 radical (unpaired) electrons. The Morgan fingerprint density at radius 1 is 0.286 bits per heavy atom. The van der Waals surface area contributed by atoms with Gasteiger partial charge in [-0.05, 0) is 0 Å². The predicted molar refractivity (Wildman–Crippen MR) is 68.0 cm³/mol. The Morgan fingerprint density at radius 2 is 0.286 bits per heavy atom. The van der Waals surface area contributed by atoms with Crippen molar-refractivity contribution in [2.45, 2.75) is 0 Å². The van der Waals surface area contributed by atoms with Crippen LogP contribution in [-0.4, -0.2) is 50.5 Å². The van der Waals surface area contributed by atoms with Crippen LogP contribution < -0.4 is 0 Å². The number of hydrogen-bond donors (Lipinski definition) is 0. The van der Waals surface area contributed by atoms with Crippen molar-refractivity contribution in [3.63, 3.8) is 0 Å². The van der Waals surface area contributed by atoms with Gasteiger partial charge >= 0.3 is 0 Å². The van der Waals surface area contributed by atoms with Crippen molar-refractivity contribution in [1.82, 2.24) is 0 Å². The maximum atomic E-state index is 0. The SMILES string of the molecule is [BH4-].[BH4-].[BH4-].[BH4-].[BH4-].[BH4-].[Mo]. The van der Waals surface area contributed by atoms with E-state index in [-0.39, 0.29) is 71.5 Å². The fraction of sp³-hybridized carbons (Fsp3) is 0. The second-order valence-electron chi connectivity index (χ2n) is 0. The molecule has 0 N–H and O–H groups in total. The van der Waals surface area contributed by atoms with Crippen molar-refractivity contribution >= 4 is 50.5 Å². The van der Waals surface area contributed by atoms with E-state index < -0.39 is 0 Å². The first-order chi connectivity index (χ1) is 0. The molecule has 0 fully saturated rings. The molecule has 0 saturated carbocycles. The van der Waals surface area contributed by atoms with Crippen molar-refractivity contribution in [2.75, 3.05) is 0 Å². The van der Waals surface area contributed by atoms with Crippen LogP contribution in [0, 0.1) is 0 Å². The van der Waals surface area contributed by atoms with Crippen LogP contribution in [0.2, 0.25) is 0 Å². The quantitative estimate of drug-likeness (QED) is 0.329. The molecular weight excluding hydrogens is 161 g/mol. The van der Waals surface area contributed by atoms with Gasteiger partial charge in [-0.15, -0.1) is 0 Å². The van der Waals surface area contributed by atoms with E-state index >= 15 is 0 Å². The van der Waals surface area contributed by atoms with Crippen LogP contribution in [0.5, 0.6) is 0 Å². The van der Waals surface area contributed by atoms with Crippen molar-refractivity contribution < 1.29 is 21.1 Å². The normalized spacial score (nSPS) is 0. The minimum absolute atomic E-state index is 0. The van der Waals surface area contributed by atoms with E-state index in [0.29, 0.717) is 0 Å². The fourth-order valence-electron chi connectivity index (χ4n) is 0. The monoisotopic (exact) mass is 188 g/mol. The van der Waals surface area contributed by atoms with Crippen LogP contribution >= 0.6 is 0 Å². The largest absolute Gasteiger partial charge is 0.0626 e. The molecule has 0 saturated heterocycles. The van der Waals surface area contributed by atoms with Crippen molar-refractivity contribution in [1.29, 1.82) is 0 Å². The van der Waals surface area contributed by atoms with Gasteiger partial charge in [-0.3, -0.25) is 0 Å². The van der Waals surface area contributed by atoms with Crippen LogP contribution in [-0.2, 0) is 21.1 Å². The average Bonchev–Trinajstić information content (AvgIpc) is 0. The van der Waals surface area contributed by atoms with E-state index in [4.69, 9.17) is 0 Å². The van der Waals surface area contributed by atoms with Gasteiger partial charge in [-0.25, -0.2) is 0 Å². The summed E-state index contributed by atoms with van der Waals surface area (Å²) >= 11 is 0. The molecule has 0 rings (SSSR count). The second kappa shape index (κ2) is 225. The van der Waals surface area contributed by atoms with Crippen molar-refractivity contribution in [3.05, 3.63) is 0 Å². The van der Waals surface area contributed by atoms with Crippen LogP contribution in [0.15, 0.2) is 0 Å². The third-order valence-corrected chi connectivity index (χ3v) is 0. The van der Waals surface area contributed by atoms with E-state index in [1.165, 1.54) is 0 Å². The molecule has 7 heteroatoms. The summed E-state index contributed by atoms with van der Waals surface area (Å²) in [6, 6.07) is 0. The fourth-order valence-corrected chi connectivity index (χ4v) is 0. The molecule has 0 bridgehead atoms. The Morgan fingerprint density at radius 3 is 0.286 bits per heavy atom. The number of hydrogen-bond acceptors (Lipinski definition) is 0. The number of rotatable bonds is 0. The maximum Gasteiger partial charge on any atom is 0 e. The predicted octanol–water partition coefficient (Wildman–Crippen LogP) is -8.71. The second-order valence-corrected chi connectivity index (χ2v) is 0. The molecule has 0 atom stereocenters. The van der Waals surface area contributed by atoms with E-state index in [0.717, 1.165) is 0 Å². The Balaban J connectivity index is 0. The Labute approximate surface area is 71.7 Å². The molecule has 0 nitrogen and oxygen atoms in total. The van der Waals surface area contributed by atoms with Crippen LogP contribution in [0.3, 0.4) is 0 Å². The van der Waals surface area contributed by atoms with E-state index in [2.05, 4.69) is 0 Å². The van der Waals surface area contributed by atoms with E-state index in [9.17, 15) is 0 Å². The van der Waals surface area contributed by atoms with Crippen LogP contribution in [0.1, 0.15) is 0 Å². The van der Waals surface area contributed by atoms with Gasteiger partial charge in [-0.1, -0.05) is 50.5 Å². The van der Waals surface area contributed by atoms with Gasteiger partial charge in [0.2, 0.25) is 0 Å². The van der Waals surface area contributed by atoms with Gasteiger partial charge in [0.15, 0.2) is 0 Å². The summed E-state index contributed by atoms with van der Waals surface area (Å²) in [5, 5.41) is 0. The van der Waals surface area contributed by atoms with E-state index in [1.54, 1.807) is 0 Å². The molecule has 0 aliphatic rings. The van der Waals surface area contributed by atoms with Crippen molar-refractivity contribution in [2.24, 2.45) is 0 Å².